The van der Waals surface area contributed by atoms with Crippen LogP contribution in [0.4, 0.5) is 0 Å². The van der Waals surface area contributed by atoms with E-state index in [1.807, 2.05) is 13.8 Å². The van der Waals surface area contributed by atoms with Crippen LogP contribution in [0.2, 0.25) is 0 Å². The second-order valence-corrected chi connectivity index (χ2v) is 9.14. The average molecular weight is 367 g/mol. The van der Waals surface area contributed by atoms with E-state index >= 15 is 0 Å². The zero-order chi connectivity index (χ0) is 19.2. The lowest BCUT2D eigenvalue weighted by Gasteiger charge is -2.32. The van der Waals surface area contributed by atoms with Crippen molar-refractivity contribution in [1.29, 1.82) is 0 Å². The van der Waals surface area contributed by atoms with E-state index in [-0.39, 0.29) is 6.10 Å². The van der Waals surface area contributed by atoms with Gasteiger partial charge >= 0.3 is 0 Å². The average Bonchev–Trinajstić information content (AvgIpc) is 3.20. The van der Waals surface area contributed by atoms with Crippen molar-refractivity contribution >= 4 is 0 Å². The second kappa shape index (κ2) is 14.9. The summed E-state index contributed by atoms with van der Waals surface area (Å²) < 4.78 is 0. The van der Waals surface area contributed by atoms with Crippen LogP contribution in [0.25, 0.3) is 0 Å². The molecule has 0 unspecified atom stereocenters. The zero-order valence-corrected chi connectivity index (χ0v) is 18.6. The minimum atomic E-state index is 0.0204. The third-order valence-electron chi connectivity index (χ3n) is 7.20. The Morgan fingerprint density at radius 3 is 1.54 bits per heavy atom. The number of rotatable bonds is 5. The predicted octanol–water partition coefficient (Wildman–Crippen LogP) is 8.15. The molecular weight excluding hydrogens is 316 g/mol. The summed E-state index contributed by atoms with van der Waals surface area (Å²) in [5.41, 5.74) is 0. The van der Waals surface area contributed by atoms with Crippen molar-refractivity contribution in [2.24, 2.45) is 23.7 Å². The molecule has 1 heteroatoms. The molecule has 0 saturated heterocycles. The van der Waals surface area contributed by atoms with E-state index < -0.39 is 0 Å². The molecule has 3 rings (SSSR count). The molecule has 0 aromatic carbocycles. The standard InChI is InChI=1S/C15H28O.C8H16.C2H6/c1-2-12-3-5-13(6-4-12)11-14-7-9-15(16)10-8-14;1-2-5-8-6-3-4-7-8;1-2/h12-16H,2-11H2,1H3;8H,2-7H2,1H3;1-2H3. The van der Waals surface area contributed by atoms with Crippen molar-refractivity contribution in [3.63, 3.8) is 0 Å². The fourth-order valence-electron chi connectivity index (χ4n) is 5.43. The highest BCUT2D eigenvalue weighted by Gasteiger charge is 2.25. The van der Waals surface area contributed by atoms with E-state index in [4.69, 9.17) is 0 Å². The zero-order valence-electron chi connectivity index (χ0n) is 18.6. The molecular formula is C25H50O. The highest BCUT2D eigenvalue weighted by molar-refractivity contribution is 4.78. The second-order valence-electron chi connectivity index (χ2n) is 9.14. The molecule has 0 radical (unpaired) electrons. The van der Waals surface area contributed by atoms with E-state index in [0.29, 0.717) is 0 Å². The maximum Gasteiger partial charge on any atom is 0.0540 e. The third-order valence-corrected chi connectivity index (χ3v) is 7.20. The summed E-state index contributed by atoms with van der Waals surface area (Å²) in [5, 5.41) is 9.50. The molecule has 156 valence electrons. The minimum absolute atomic E-state index is 0.0204. The van der Waals surface area contributed by atoms with Crippen LogP contribution in [0.15, 0.2) is 0 Å². The van der Waals surface area contributed by atoms with Crippen LogP contribution in [0.3, 0.4) is 0 Å². The van der Waals surface area contributed by atoms with Crippen LogP contribution in [0, 0.1) is 23.7 Å². The highest BCUT2D eigenvalue weighted by atomic mass is 16.3. The van der Waals surface area contributed by atoms with Crippen molar-refractivity contribution < 1.29 is 5.11 Å². The Kier molecular flexibility index (Phi) is 13.8. The van der Waals surface area contributed by atoms with Crippen molar-refractivity contribution in [2.75, 3.05) is 0 Å². The Bertz CT molecular complexity index is 291. The summed E-state index contributed by atoms with van der Waals surface area (Å²) in [7, 11) is 0. The molecule has 1 nitrogen and oxygen atoms in total. The van der Waals surface area contributed by atoms with Gasteiger partial charge in [-0.15, -0.1) is 0 Å². The molecule has 0 aromatic rings. The van der Waals surface area contributed by atoms with Gasteiger partial charge in [0, 0.05) is 0 Å². The number of aliphatic hydroxyl groups is 1. The van der Waals surface area contributed by atoms with Gasteiger partial charge in [-0.25, -0.2) is 0 Å². The molecule has 3 aliphatic carbocycles. The fourth-order valence-corrected chi connectivity index (χ4v) is 5.43. The topological polar surface area (TPSA) is 20.2 Å². The number of hydrogen-bond acceptors (Lipinski definition) is 1. The quantitative estimate of drug-likeness (QED) is 0.520. The maximum atomic E-state index is 9.50. The number of hydrogen-bond donors (Lipinski definition) is 1. The van der Waals surface area contributed by atoms with Gasteiger partial charge < -0.3 is 5.11 Å². The lowest BCUT2D eigenvalue weighted by Crippen LogP contribution is -2.22. The lowest BCUT2D eigenvalue weighted by molar-refractivity contribution is 0.0967. The minimum Gasteiger partial charge on any atom is -0.393 e. The molecule has 3 fully saturated rings. The summed E-state index contributed by atoms with van der Waals surface area (Å²) in [5.74, 6) is 4.10. The fraction of sp³-hybridized carbons (Fsp3) is 1.00. The first-order valence-corrected chi connectivity index (χ1v) is 12.4. The van der Waals surface area contributed by atoms with E-state index in [2.05, 4.69) is 13.8 Å². The van der Waals surface area contributed by atoms with Gasteiger partial charge in [0.2, 0.25) is 0 Å². The molecule has 0 spiro atoms. The monoisotopic (exact) mass is 366 g/mol. The van der Waals surface area contributed by atoms with Crippen LogP contribution in [0.1, 0.15) is 130 Å². The van der Waals surface area contributed by atoms with Gasteiger partial charge in [-0.1, -0.05) is 98.3 Å². The van der Waals surface area contributed by atoms with Gasteiger partial charge in [0.25, 0.3) is 0 Å². The largest absolute Gasteiger partial charge is 0.393 e. The van der Waals surface area contributed by atoms with Crippen molar-refractivity contribution in [1.82, 2.24) is 0 Å². The first kappa shape index (κ1) is 24.0. The van der Waals surface area contributed by atoms with Crippen molar-refractivity contribution in [3.8, 4) is 0 Å². The summed E-state index contributed by atoms with van der Waals surface area (Å²) in [6.07, 6.45) is 22.4. The van der Waals surface area contributed by atoms with Crippen LogP contribution < -0.4 is 0 Å². The van der Waals surface area contributed by atoms with Gasteiger partial charge in [-0.2, -0.15) is 0 Å². The molecule has 1 N–H and O–H groups in total. The Hall–Kier alpha value is -0.0400. The van der Waals surface area contributed by atoms with E-state index in [1.54, 1.807) is 0 Å². The number of aliphatic hydroxyl groups excluding tert-OH is 1. The summed E-state index contributed by atoms with van der Waals surface area (Å²) >= 11 is 0. The van der Waals surface area contributed by atoms with Crippen molar-refractivity contribution in [2.45, 2.75) is 137 Å². The molecule has 26 heavy (non-hydrogen) atoms. The Morgan fingerprint density at radius 1 is 0.615 bits per heavy atom. The molecule has 3 saturated carbocycles. The Labute approximate surface area is 165 Å². The maximum absolute atomic E-state index is 9.50. The van der Waals surface area contributed by atoms with Gasteiger partial charge in [0.05, 0.1) is 6.10 Å². The van der Waals surface area contributed by atoms with Gasteiger partial charge in [0.1, 0.15) is 0 Å². The summed E-state index contributed by atoms with van der Waals surface area (Å²) in [4.78, 5) is 0. The molecule has 0 heterocycles. The lowest BCUT2D eigenvalue weighted by atomic mass is 9.74. The van der Waals surface area contributed by atoms with Crippen LogP contribution in [0.5, 0.6) is 0 Å². The van der Waals surface area contributed by atoms with Gasteiger partial charge in [-0.05, 0) is 55.8 Å². The van der Waals surface area contributed by atoms with Crippen LogP contribution >= 0.6 is 0 Å². The Morgan fingerprint density at radius 2 is 1.08 bits per heavy atom. The molecule has 3 aliphatic rings. The molecule has 0 amide bonds. The first-order valence-electron chi connectivity index (χ1n) is 12.4. The van der Waals surface area contributed by atoms with Gasteiger partial charge in [-0.3, -0.25) is 0 Å². The summed E-state index contributed by atoms with van der Waals surface area (Å²) in [6, 6.07) is 0. The van der Waals surface area contributed by atoms with E-state index in [1.165, 1.54) is 89.9 Å². The molecule has 0 atom stereocenters. The molecule has 0 aromatic heterocycles. The van der Waals surface area contributed by atoms with E-state index in [0.717, 1.165) is 36.5 Å². The predicted molar refractivity (Wildman–Crippen MR) is 117 cm³/mol. The SMILES string of the molecule is CC.CCC1CCC(CC2CCC(O)CC2)CC1.CCCC1CCCC1. The smallest absolute Gasteiger partial charge is 0.0540 e. The first-order chi connectivity index (χ1) is 12.7. The highest BCUT2D eigenvalue weighted by Crippen LogP contribution is 2.37. The van der Waals surface area contributed by atoms with Crippen LogP contribution in [-0.4, -0.2) is 11.2 Å². The third kappa shape index (κ3) is 9.77. The Balaban J connectivity index is 0.000000284. The normalized spacial score (nSPS) is 32.2. The van der Waals surface area contributed by atoms with Crippen LogP contribution in [-0.2, 0) is 0 Å². The van der Waals surface area contributed by atoms with E-state index in [9.17, 15) is 5.11 Å². The van der Waals surface area contributed by atoms with Crippen molar-refractivity contribution in [3.05, 3.63) is 0 Å². The molecule has 0 aliphatic heterocycles. The molecule has 0 bridgehead atoms. The summed E-state index contributed by atoms with van der Waals surface area (Å²) in [6.45, 7) is 8.63. The van der Waals surface area contributed by atoms with Gasteiger partial charge in [0.15, 0.2) is 0 Å².